The van der Waals surface area contributed by atoms with E-state index in [0.717, 1.165) is 30.7 Å². The zero-order valence-electron chi connectivity index (χ0n) is 9.82. The van der Waals surface area contributed by atoms with Crippen LogP contribution in [0.25, 0.3) is 0 Å². The fourth-order valence-electron chi connectivity index (χ4n) is 1.86. The fourth-order valence-corrected chi connectivity index (χ4v) is 1.86. The topological polar surface area (TPSA) is 42.7 Å². The number of aromatic nitrogens is 3. The molecule has 1 aliphatic rings. The van der Waals surface area contributed by atoms with Crippen molar-refractivity contribution in [1.29, 1.82) is 0 Å². The van der Waals surface area contributed by atoms with Gasteiger partial charge in [0.25, 0.3) is 0 Å². The second-order valence-electron chi connectivity index (χ2n) is 4.52. The lowest BCUT2D eigenvalue weighted by Crippen LogP contribution is -2.21. The number of rotatable bonds is 5. The Morgan fingerprint density at radius 2 is 2.20 bits per heavy atom. The molecule has 2 rings (SSSR count). The van der Waals surface area contributed by atoms with E-state index in [1.54, 1.807) is 0 Å². The van der Waals surface area contributed by atoms with Crippen molar-refractivity contribution in [2.75, 3.05) is 6.54 Å². The van der Waals surface area contributed by atoms with Crippen LogP contribution in [0, 0.1) is 13.8 Å². The molecule has 1 atom stereocenters. The van der Waals surface area contributed by atoms with Gasteiger partial charge >= 0.3 is 0 Å². The van der Waals surface area contributed by atoms with Crippen molar-refractivity contribution in [3.63, 3.8) is 0 Å². The molecule has 0 aliphatic heterocycles. The smallest absolute Gasteiger partial charge is 0.147 e. The summed E-state index contributed by atoms with van der Waals surface area (Å²) < 4.78 is 2.03. The minimum atomic E-state index is 0.442. The van der Waals surface area contributed by atoms with Crippen LogP contribution in [-0.2, 0) is 0 Å². The Bertz CT molecular complexity index is 327. The predicted molar refractivity (Wildman–Crippen MR) is 59.8 cm³/mol. The summed E-state index contributed by atoms with van der Waals surface area (Å²) in [5, 5.41) is 7.92. The number of hydrogen-bond donors (Lipinski definition) is 1. The molecule has 1 fully saturated rings. The molecule has 0 amide bonds. The van der Waals surface area contributed by atoms with Crippen LogP contribution in [0.15, 0.2) is 0 Å². The van der Waals surface area contributed by atoms with Crippen molar-refractivity contribution < 1.29 is 0 Å². The van der Waals surface area contributed by atoms with E-state index >= 15 is 0 Å². The average Bonchev–Trinajstić information content (AvgIpc) is 2.92. The van der Waals surface area contributed by atoms with E-state index in [1.165, 1.54) is 12.8 Å². The Labute approximate surface area is 91.1 Å². The van der Waals surface area contributed by atoms with Crippen LogP contribution in [0.5, 0.6) is 0 Å². The standard InChI is InChI=1S/C11H20N4/c1-8(6-7-12-11-4-5-11)15-10(3)13-9(2)14-15/h8,11-12H,4-7H2,1-3H3. The Hall–Kier alpha value is -0.900. The van der Waals surface area contributed by atoms with Crippen LogP contribution in [0.1, 0.15) is 43.9 Å². The minimum absolute atomic E-state index is 0.442. The molecule has 1 N–H and O–H groups in total. The van der Waals surface area contributed by atoms with Crippen molar-refractivity contribution in [3.05, 3.63) is 11.6 Å². The summed E-state index contributed by atoms with van der Waals surface area (Å²) in [4.78, 5) is 4.32. The van der Waals surface area contributed by atoms with Crippen molar-refractivity contribution in [3.8, 4) is 0 Å². The molecule has 15 heavy (non-hydrogen) atoms. The number of nitrogens with one attached hydrogen (secondary N) is 1. The molecule has 1 heterocycles. The van der Waals surface area contributed by atoms with Gasteiger partial charge in [-0.1, -0.05) is 0 Å². The molecular weight excluding hydrogens is 188 g/mol. The quantitative estimate of drug-likeness (QED) is 0.799. The van der Waals surface area contributed by atoms with Crippen molar-refractivity contribution in [1.82, 2.24) is 20.1 Å². The zero-order chi connectivity index (χ0) is 10.8. The molecule has 4 heteroatoms. The molecule has 0 saturated heterocycles. The Morgan fingerprint density at radius 1 is 1.47 bits per heavy atom. The van der Waals surface area contributed by atoms with Crippen LogP contribution < -0.4 is 5.32 Å². The first-order valence-corrected chi connectivity index (χ1v) is 5.80. The third-order valence-electron chi connectivity index (χ3n) is 2.90. The van der Waals surface area contributed by atoms with Gasteiger partial charge in [-0.2, -0.15) is 5.10 Å². The van der Waals surface area contributed by atoms with Gasteiger partial charge < -0.3 is 5.32 Å². The monoisotopic (exact) mass is 208 g/mol. The molecule has 4 nitrogen and oxygen atoms in total. The molecule has 0 bridgehead atoms. The van der Waals surface area contributed by atoms with E-state index in [-0.39, 0.29) is 0 Å². The van der Waals surface area contributed by atoms with Crippen LogP contribution in [-0.4, -0.2) is 27.4 Å². The summed E-state index contributed by atoms with van der Waals surface area (Å²) in [5.74, 6) is 1.89. The van der Waals surface area contributed by atoms with Gasteiger partial charge in [-0.15, -0.1) is 0 Å². The number of aryl methyl sites for hydroxylation is 2. The van der Waals surface area contributed by atoms with Gasteiger partial charge in [0.1, 0.15) is 11.6 Å². The van der Waals surface area contributed by atoms with E-state index in [0.29, 0.717) is 6.04 Å². The maximum absolute atomic E-state index is 4.40. The second-order valence-corrected chi connectivity index (χ2v) is 4.52. The highest BCUT2D eigenvalue weighted by Crippen LogP contribution is 2.19. The molecule has 1 saturated carbocycles. The predicted octanol–water partition coefficient (Wildman–Crippen LogP) is 1.60. The molecule has 84 valence electrons. The van der Waals surface area contributed by atoms with E-state index in [4.69, 9.17) is 0 Å². The summed E-state index contributed by atoms with van der Waals surface area (Å²) in [6.07, 6.45) is 3.84. The SMILES string of the molecule is Cc1nc(C)n(C(C)CCNC2CC2)n1. The summed E-state index contributed by atoms with van der Waals surface area (Å²) in [5.41, 5.74) is 0. The van der Waals surface area contributed by atoms with E-state index in [2.05, 4.69) is 22.3 Å². The molecular formula is C11H20N4. The van der Waals surface area contributed by atoms with Gasteiger partial charge in [0, 0.05) is 6.04 Å². The first kappa shape index (κ1) is 10.6. The lowest BCUT2D eigenvalue weighted by Gasteiger charge is -2.13. The maximum Gasteiger partial charge on any atom is 0.147 e. The van der Waals surface area contributed by atoms with Crippen LogP contribution in [0.4, 0.5) is 0 Å². The highest BCUT2D eigenvalue weighted by Gasteiger charge is 2.20. The van der Waals surface area contributed by atoms with Gasteiger partial charge in [-0.25, -0.2) is 9.67 Å². The maximum atomic E-state index is 4.40. The summed E-state index contributed by atoms with van der Waals surface area (Å²) >= 11 is 0. The fraction of sp³-hybridized carbons (Fsp3) is 0.818. The first-order chi connectivity index (χ1) is 7.16. The normalized spacial score (nSPS) is 18.1. The largest absolute Gasteiger partial charge is 0.314 e. The van der Waals surface area contributed by atoms with Crippen molar-refractivity contribution >= 4 is 0 Å². The second kappa shape index (κ2) is 4.31. The minimum Gasteiger partial charge on any atom is -0.314 e. The van der Waals surface area contributed by atoms with Crippen LogP contribution in [0.2, 0.25) is 0 Å². The Morgan fingerprint density at radius 3 is 2.73 bits per heavy atom. The first-order valence-electron chi connectivity index (χ1n) is 5.80. The molecule has 1 unspecified atom stereocenters. The third-order valence-corrected chi connectivity index (χ3v) is 2.90. The Kier molecular flexibility index (Phi) is 3.05. The van der Waals surface area contributed by atoms with Crippen molar-refractivity contribution in [2.24, 2.45) is 0 Å². The summed E-state index contributed by atoms with van der Waals surface area (Å²) in [6.45, 7) is 7.25. The van der Waals surface area contributed by atoms with Gasteiger partial charge in [0.15, 0.2) is 0 Å². The van der Waals surface area contributed by atoms with Crippen LogP contribution in [0.3, 0.4) is 0 Å². The van der Waals surface area contributed by atoms with Gasteiger partial charge in [-0.05, 0) is 46.6 Å². The number of hydrogen-bond acceptors (Lipinski definition) is 3. The van der Waals surface area contributed by atoms with E-state index < -0.39 is 0 Å². The molecule has 0 radical (unpaired) electrons. The highest BCUT2D eigenvalue weighted by molar-refractivity contribution is 4.90. The van der Waals surface area contributed by atoms with Gasteiger partial charge in [0.2, 0.25) is 0 Å². The molecule has 0 spiro atoms. The van der Waals surface area contributed by atoms with Gasteiger partial charge in [0.05, 0.1) is 6.04 Å². The van der Waals surface area contributed by atoms with Crippen LogP contribution >= 0.6 is 0 Å². The lowest BCUT2D eigenvalue weighted by molar-refractivity contribution is 0.432. The van der Waals surface area contributed by atoms with E-state index in [1.807, 2.05) is 18.5 Å². The molecule has 1 aliphatic carbocycles. The lowest BCUT2D eigenvalue weighted by atomic mass is 10.2. The van der Waals surface area contributed by atoms with Gasteiger partial charge in [-0.3, -0.25) is 0 Å². The zero-order valence-corrected chi connectivity index (χ0v) is 9.82. The summed E-state index contributed by atoms with van der Waals surface area (Å²) in [6, 6.07) is 1.24. The molecule has 0 aromatic carbocycles. The highest BCUT2D eigenvalue weighted by atomic mass is 15.4. The third kappa shape index (κ3) is 2.78. The summed E-state index contributed by atoms with van der Waals surface area (Å²) in [7, 11) is 0. The number of nitrogens with zero attached hydrogens (tertiary/aromatic N) is 3. The Balaban J connectivity index is 1.83. The van der Waals surface area contributed by atoms with Crippen molar-refractivity contribution in [2.45, 2.75) is 52.1 Å². The molecule has 1 aromatic rings. The van der Waals surface area contributed by atoms with E-state index in [9.17, 15) is 0 Å². The molecule has 1 aromatic heterocycles. The average molecular weight is 208 g/mol.